The van der Waals surface area contributed by atoms with Crippen LogP contribution in [0.3, 0.4) is 0 Å². The number of Topliss-reactive ketones (excluding diaryl/α,β-unsaturated/α-hetero) is 1. The summed E-state index contributed by atoms with van der Waals surface area (Å²) in [7, 11) is 0. The van der Waals surface area contributed by atoms with E-state index in [1.54, 1.807) is 6.08 Å². The molecule has 4 heteroatoms. The summed E-state index contributed by atoms with van der Waals surface area (Å²) in [5, 5.41) is 18.4. The number of unbranched alkanes of at least 4 members (excludes halogenated alkanes) is 2. The predicted octanol–water partition coefficient (Wildman–Crippen LogP) is 4.28. The number of carbonyl (C=O) groups excluding carboxylic acids is 1. The maximum absolute atomic E-state index is 12.1. The number of carboxylic acid groups (broad SMARTS) is 1. The normalized spacial score (nSPS) is 22.7. The fourth-order valence-corrected chi connectivity index (χ4v) is 3.27. The van der Waals surface area contributed by atoms with Gasteiger partial charge in [0.25, 0.3) is 0 Å². The molecule has 0 amide bonds. The van der Waals surface area contributed by atoms with Gasteiger partial charge in [-0.2, -0.15) is 0 Å². The Balaban J connectivity index is 2.32. The third-order valence-corrected chi connectivity index (χ3v) is 4.68. The second kappa shape index (κ2) is 12.0. The third-order valence-electron chi connectivity index (χ3n) is 4.68. The van der Waals surface area contributed by atoms with Crippen LogP contribution >= 0.6 is 0 Å². The number of hydrogen-bond acceptors (Lipinski definition) is 3. The molecule has 0 aromatic rings. The number of carbonyl (C=O) groups is 2. The molecule has 0 radical (unpaired) electrons. The topological polar surface area (TPSA) is 74.6 Å². The van der Waals surface area contributed by atoms with E-state index in [0.717, 1.165) is 44.9 Å². The number of rotatable bonds is 12. The summed E-state index contributed by atoms with van der Waals surface area (Å²) < 4.78 is 0. The summed E-state index contributed by atoms with van der Waals surface area (Å²) in [5.41, 5.74) is 0. The maximum atomic E-state index is 12.1. The molecule has 2 N–H and O–H groups in total. The Kier molecular flexibility index (Phi) is 10.3. The van der Waals surface area contributed by atoms with Gasteiger partial charge in [-0.25, -0.2) is 0 Å². The molecule has 4 nitrogen and oxygen atoms in total. The number of hydrogen-bond donors (Lipinski definition) is 2. The molecule has 1 saturated carbocycles. The van der Waals surface area contributed by atoms with Crippen LogP contribution in [0.25, 0.3) is 0 Å². The van der Waals surface area contributed by atoms with Crippen molar-refractivity contribution in [3.8, 4) is 0 Å². The van der Waals surface area contributed by atoms with Crippen LogP contribution in [-0.2, 0) is 9.59 Å². The highest BCUT2D eigenvalue weighted by Crippen LogP contribution is 2.33. The minimum absolute atomic E-state index is 0.0636. The zero-order valence-electron chi connectivity index (χ0n) is 14.8. The van der Waals surface area contributed by atoms with Crippen LogP contribution in [0.2, 0.25) is 0 Å². The summed E-state index contributed by atoms with van der Waals surface area (Å²) >= 11 is 0. The molecule has 1 unspecified atom stereocenters. The highest BCUT2D eigenvalue weighted by Gasteiger charge is 2.32. The molecule has 0 bridgehead atoms. The van der Waals surface area contributed by atoms with Crippen molar-refractivity contribution in [3.05, 3.63) is 24.3 Å². The van der Waals surface area contributed by atoms with Crippen LogP contribution in [0, 0.1) is 11.8 Å². The average Bonchev–Trinajstić information content (AvgIpc) is 2.89. The molecule has 1 aliphatic rings. The monoisotopic (exact) mass is 336 g/mol. The van der Waals surface area contributed by atoms with Gasteiger partial charge >= 0.3 is 5.97 Å². The van der Waals surface area contributed by atoms with Gasteiger partial charge in [0.05, 0.1) is 12.5 Å². The van der Waals surface area contributed by atoms with E-state index in [1.807, 2.05) is 12.2 Å². The van der Waals surface area contributed by atoms with E-state index in [2.05, 4.69) is 13.0 Å². The van der Waals surface area contributed by atoms with Crippen molar-refractivity contribution >= 4 is 11.8 Å². The van der Waals surface area contributed by atoms with Crippen LogP contribution < -0.4 is 0 Å². The lowest BCUT2D eigenvalue weighted by atomic mass is 9.89. The van der Waals surface area contributed by atoms with Crippen molar-refractivity contribution in [2.24, 2.45) is 11.8 Å². The highest BCUT2D eigenvalue weighted by atomic mass is 16.4. The summed E-state index contributed by atoms with van der Waals surface area (Å²) in [4.78, 5) is 22.5. The van der Waals surface area contributed by atoms with Crippen molar-refractivity contribution in [2.45, 2.75) is 77.2 Å². The number of carboxylic acids is 1. The third kappa shape index (κ3) is 8.44. The second-order valence-corrected chi connectivity index (χ2v) is 6.74. The molecule has 0 spiro atoms. The minimum atomic E-state index is -0.816. The average molecular weight is 336 g/mol. The summed E-state index contributed by atoms with van der Waals surface area (Å²) in [6, 6.07) is 0. The molecule has 1 rings (SSSR count). The molecule has 136 valence electrons. The van der Waals surface area contributed by atoms with Crippen LogP contribution in [0.4, 0.5) is 0 Å². The Morgan fingerprint density at radius 1 is 1.29 bits per heavy atom. The van der Waals surface area contributed by atoms with E-state index < -0.39 is 5.97 Å². The molecule has 0 heterocycles. The Labute approximate surface area is 145 Å². The Morgan fingerprint density at radius 3 is 2.79 bits per heavy atom. The SMILES string of the molecule is CCCCC(O)C/C=C/[C@H]1CCC(=O)[C@@H]1CCC/C=C\CC(=O)O. The molecule has 0 aliphatic heterocycles. The van der Waals surface area contributed by atoms with Crippen LogP contribution in [0.15, 0.2) is 24.3 Å². The molecule has 1 aliphatic carbocycles. The van der Waals surface area contributed by atoms with Gasteiger partial charge in [-0.05, 0) is 44.4 Å². The Bertz CT molecular complexity index is 439. The molecular formula is C20H32O4. The first-order valence-electron chi connectivity index (χ1n) is 9.28. The summed E-state index contributed by atoms with van der Waals surface area (Å²) in [5.74, 6) is -0.0602. The molecule has 0 aromatic heterocycles. The van der Waals surface area contributed by atoms with E-state index in [1.165, 1.54) is 0 Å². The van der Waals surface area contributed by atoms with Crippen LogP contribution in [0.5, 0.6) is 0 Å². The lowest BCUT2D eigenvalue weighted by molar-refractivity contribution is -0.136. The molecular weight excluding hydrogens is 304 g/mol. The summed E-state index contributed by atoms with van der Waals surface area (Å²) in [6.45, 7) is 2.12. The fourth-order valence-electron chi connectivity index (χ4n) is 3.27. The van der Waals surface area contributed by atoms with Gasteiger partial charge in [0.15, 0.2) is 0 Å². The number of allylic oxidation sites excluding steroid dienone is 2. The fraction of sp³-hybridized carbons (Fsp3) is 0.700. The van der Waals surface area contributed by atoms with Gasteiger partial charge in [0, 0.05) is 12.3 Å². The summed E-state index contributed by atoms with van der Waals surface area (Å²) in [6.07, 6.45) is 15.4. The Hall–Kier alpha value is -1.42. The standard InChI is InChI=1S/C20H32O4/c1-2-3-10-17(21)11-8-9-16-14-15-19(22)18(16)12-6-4-5-7-13-20(23)24/h5,7-9,16-18,21H,2-4,6,10-15H2,1H3,(H,23,24)/b7-5-,9-8+/t16-,17?,18+/m0/s1. The van der Waals surface area contributed by atoms with E-state index in [4.69, 9.17) is 5.11 Å². The zero-order valence-corrected chi connectivity index (χ0v) is 14.8. The smallest absolute Gasteiger partial charge is 0.307 e. The second-order valence-electron chi connectivity index (χ2n) is 6.74. The number of aliphatic carboxylic acids is 1. The number of aliphatic hydroxyl groups is 1. The number of aliphatic hydroxyl groups excluding tert-OH is 1. The van der Waals surface area contributed by atoms with Crippen molar-refractivity contribution < 1.29 is 19.8 Å². The van der Waals surface area contributed by atoms with Gasteiger partial charge in [-0.1, -0.05) is 44.1 Å². The first-order chi connectivity index (χ1) is 11.5. The highest BCUT2D eigenvalue weighted by molar-refractivity contribution is 5.83. The predicted molar refractivity (Wildman–Crippen MR) is 95.8 cm³/mol. The molecule has 0 aromatic carbocycles. The van der Waals surface area contributed by atoms with Crippen LogP contribution in [0.1, 0.15) is 71.1 Å². The van der Waals surface area contributed by atoms with Crippen molar-refractivity contribution in [1.82, 2.24) is 0 Å². The first-order valence-corrected chi connectivity index (χ1v) is 9.28. The van der Waals surface area contributed by atoms with Gasteiger partial charge in [0.1, 0.15) is 5.78 Å². The van der Waals surface area contributed by atoms with Crippen molar-refractivity contribution in [3.63, 3.8) is 0 Å². The molecule has 0 saturated heterocycles. The van der Waals surface area contributed by atoms with Crippen molar-refractivity contribution in [1.29, 1.82) is 0 Å². The van der Waals surface area contributed by atoms with Gasteiger partial charge < -0.3 is 10.2 Å². The van der Waals surface area contributed by atoms with Gasteiger partial charge in [-0.15, -0.1) is 0 Å². The first kappa shape index (κ1) is 20.6. The van der Waals surface area contributed by atoms with Crippen LogP contribution in [-0.4, -0.2) is 28.1 Å². The molecule has 3 atom stereocenters. The van der Waals surface area contributed by atoms with Gasteiger partial charge in [-0.3, -0.25) is 9.59 Å². The van der Waals surface area contributed by atoms with Gasteiger partial charge in [0.2, 0.25) is 0 Å². The van der Waals surface area contributed by atoms with E-state index in [-0.39, 0.29) is 18.4 Å². The zero-order chi connectivity index (χ0) is 17.8. The largest absolute Gasteiger partial charge is 0.481 e. The quantitative estimate of drug-likeness (QED) is 0.412. The lowest BCUT2D eigenvalue weighted by Gasteiger charge is -2.14. The molecule has 1 fully saturated rings. The van der Waals surface area contributed by atoms with E-state index in [9.17, 15) is 14.7 Å². The number of ketones is 1. The maximum Gasteiger partial charge on any atom is 0.307 e. The minimum Gasteiger partial charge on any atom is -0.481 e. The Morgan fingerprint density at radius 2 is 2.08 bits per heavy atom. The lowest BCUT2D eigenvalue weighted by Crippen LogP contribution is -2.13. The van der Waals surface area contributed by atoms with E-state index >= 15 is 0 Å². The van der Waals surface area contributed by atoms with Crippen molar-refractivity contribution in [2.75, 3.05) is 0 Å². The van der Waals surface area contributed by atoms with E-state index in [0.29, 0.717) is 24.5 Å². The molecule has 24 heavy (non-hydrogen) atoms.